The second-order valence-corrected chi connectivity index (χ2v) is 7.95. The predicted molar refractivity (Wildman–Crippen MR) is 84.7 cm³/mol. The summed E-state index contributed by atoms with van der Waals surface area (Å²) in [6.45, 7) is 0.0345. The highest BCUT2D eigenvalue weighted by Gasteiger charge is 2.34. The first-order chi connectivity index (χ1) is 11.3. The maximum Gasteiger partial charge on any atom is 0.306 e. The molecule has 0 bridgehead atoms. The first-order valence-electron chi connectivity index (χ1n) is 7.28. The molecule has 2 aliphatic rings. The Labute approximate surface area is 143 Å². The molecule has 0 aliphatic carbocycles. The summed E-state index contributed by atoms with van der Waals surface area (Å²) in [5.41, 5.74) is 0.319. The van der Waals surface area contributed by atoms with Crippen LogP contribution in [0, 0.1) is 5.92 Å². The second-order valence-electron chi connectivity index (χ2n) is 5.63. The van der Waals surface area contributed by atoms with Crippen molar-refractivity contribution in [3.05, 3.63) is 17.2 Å². The minimum Gasteiger partial charge on any atom is -0.482 e. The van der Waals surface area contributed by atoms with E-state index in [-0.39, 0.29) is 54.1 Å². The number of piperidine rings is 1. The van der Waals surface area contributed by atoms with Crippen LogP contribution in [0.25, 0.3) is 0 Å². The number of benzene rings is 1. The summed E-state index contributed by atoms with van der Waals surface area (Å²) in [5.74, 6) is -1.56. The highest BCUT2D eigenvalue weighted by atomic mass is 35.5. The van der Waals surface area contributed by atoms with Gasteiger partial charge >= 0.3 is 5.97 Å². The zero-order valence-electron chi connectivity index (χ0n) is 12.5. The van der Waals surface area contributed by atoms with Gasteiger partial charge in [-0.2, -0.15) is 4.31 Å². The van der Waals surface area contributed by atoms with Crippen molar-refractivity contribution in [1.82, 2.24) is 4.31 Å². The SMILES string of the molecule is O=C1COc2cc(S(=O)(=O)N3CCC(C(=O)O)CC3)c(Cl)cc2N1. The van der Waals surface area contributed by atoms with Gasteiger partial charge < -0.3 is 15.2 Å². The van der Waals surface area contributed by atoms with Crippen LogP contribution in [0.4, 0.5) is 5.69 Å². The molecule has 130 valence electrons. The van der Waals surface area contributed by atoms with Crippen LogP contribution in [0.15, 0.2) is 17.0 Å². The van der Waals surface area contributed by atoms with Crippen molar-refractivity contribution < 1.29 is 27.9 Å². The third kappa shape index (κ3) is 3.06. The van der Waals surface area contributed by atoms with Gasteiger partial charge in [0.1, 0.15) is 10.6 Å². The molecule has 8 nitrogen and oxygen atoms in total. The number of sulfonamides is 1. The van der Waals surface area contributed by atoms with Crippen molar-refractivity contribution in [2.24, 2.45) is 5.92 Å². The van der Waals surface area contributed by atoms with Crippen molar-refractivity contribution >= 4 is 39.2 Å². The Kier molecular flexibility index (Phi) is 4.41. The van der Waals surface area contributed by atoms with Crippen molar-refractivity contribution in [2.45, 2.75) is 17.7 Å². The van der Waals surface area contributed by atoms with Crippen LogP contribution >= 0.6 is 11.6 Å². The van der Waals surface area contributed by atoms with Crippen LogP contribution in [0.5, 0.6) is 5.75 Å². The molecule has 3 rings (SSSR count). The van der Waals surface area contributed by atoms with E-state index in [0.29, 0.717) is 5.69 Å². The molecule has 1 saturated heterocycles. The summed E-state index contributed by atoms with van der Waals surface area (Å²) < 4.78 is 32.0. The number of aliphatic carboxylic acids is 1. The maximum atomic E-state index is 12.8. The lowest BCUT2D eigenvalue weighted by molar-refractivity contribution is -0.142. The topological polar surface area (TPSA) is 113 Å². The van der Waals surface area contributed by atoms with Gasteiger partial charge in [-0.3, -0.25) is 9.59 Å². The van der Waals surface area contributed by atoms with Gasteiger partial charge in [0.25, 0.3) is 5.91 Å². The smallest absolute Gasteiger partial charge is 0.306 e. The van der Waals surface area contributed by atoms with E-state index in [1.54, 1.807) is 0 Å². The predicted octanol–water partition coefficient (Wildman–Crippen LogP) is 1.16. The normalized spacial score (nSPS) is 19.3. The third-order valence-corrected chi connectivity index (χ3v) is 6.45. The number of hydrogen-bond donors (Lipinski definition) is 2. The number of fused-ring (bicyclic) bond motifs is 1. The Hall–Kier alpha value is -1.84. The standard InChI is InChI=1S/C14H15ClN2O6S/c15-9-5-10-11(23-7-13(18)16-10)6-12(9)24(21,22)17-3-1-8(2-4-17)14(19)20/h5-6,8H,1-4,7H2,(H,16,18)(H,19,20). The minimum absolute atomic E-state index is 0.0279. The summed E-state index contributed by atoms with van der Waals surface area (Å²) in [7, 11) is -3.87. The van der Waals surface area contributed by atoms with Gasteiger partial charge in [-0.1, -0.05) is 11.6 Å². The van der Waals surface area contributed by atoms with Crippen molar-refractivity contribution in [2.75, 3.05) is 25.0 Å². The van der Waals surface area contributed by atoms with E-state index in [2.05, 4.69) is 5.32 Å². The zero-order chi connectivity index (χ0) is 17.5. The van der Waals surface area contributed by atoms with Gasteiger partial charge in [0.15, 0.2) is 6.61 Å². The molecule has 2 N–H and O–H groups in total. The Morgan fingerprint density at radius 3 is 2.62 bits per heavy atom. The lowest BCUT2D eigenvalue weighted by Gasteiger charge is -2.30. The number of hydrogen-bond acceptors (Lipinski definition) is 5. The lowest BCUT2D eigenvalue weighted by Crippen LogP contribution is -2.40. The van der Waals surface area contributed by atoms with Crippen LogP contribution in [0.2, 0.25) is 5.02 Å². The fourth-order valence-electron chi connectivity index (χ4n) is 2.76. The zero-order valence-corrected chi connectivity index (χ0v) is 14.1. The molecule has 0 saturated carbocycles. The molecule has 0 radical (unpaired) electrons. The number of anilines is 1. The Balaban J connectivity index is 1.88. The number of halogens is 1. The van der Waals surface area contributed by atoms with Crippen molar-refractivity contribution in [1.29, 1.82) is 0 Å². The quantitative estimate of drug-likeness (QED) is 0.820. The second kappa shape index (κ2) is 6.23. The Morgan fingerprint density at radius 2 is 2.00 bits per heavy atom. The van der Waals surface area contributed by atoms with Crippen LogP contribution in [-0.2, 0) is 19.6 Å². The van der Waals surface area contributed by atoms with Gasteiger partial charge in [-0.15, -0.1) is 0 Å². The highest BCUT2D eigenvalue weighted by Crippen LogP contribution is 2.37. The number of amides is 1. The summed E-state index contributed by atoms with van der Waals surface area (Å²) in [4.78, 5) is 22.2. The summed E-state index contributed by atoms with van der Waals surface area (Å²) >= 11 is 6.08. The molecule has 2 heterocycles. The molecule has 2 aliphatic heterocycles. The fraction of sp³-hybridized carbons (Fsp3) is 0.429. The monoisotopic (exact) mass is 374 g/mol. The first-order valence-corrected chi connectivity index (χ1v) is 9.10. The van der Waals surface area contributed by atoms with Gasteiger partial charge in [-0.05, 0) is 18.9 Å². The summed E-state index contributed by atoms with van der Waals surface area (Å²) in [6, 6.07) is 2.63. The number of rotatable bonds is 3. The van der Waals surface area contributed by atoms with E-state index in [1.165, 1.54) is 16.4 Å². The van der Waals surface area contributed by atoms with Gasteiger partial charge in [0, 0.05) is 19.2 Å². The number of nitrogens with one attached hydrogen (secondary N) is 1. The van der Waals surface area contributed by atoms with Crippen LogP contribution in [0.3, 0.4) is 0 Å². The molecular weight excluding hydrogens is 360 g/mol. The number of carbonyl (C=O) groups is 2. The molecule has 0 aromatic heterocycles. The average molecular weight is 375 g/mol. The van der Waals surface area contributed by atoms with E-state index < -0.39 is 21.9 Å². The van der Waals surface area contributed by atoms with E-state index in [9.17, 15) is 18.0 Å². The first kappa shape index (κ1) is 17.0. The van der Waals surface area contributed by atoms with Gasteiger partial charge in [-0.25, -0.2) is 8.42 Å². The van der Waals surface area contributed by atoms with E-state index >= 15 is 0 Å². The molecule has 1 aromatic rings. The molecule has 1 amide bonds. The number of carboxylic acid groups (broad SMARTS) is 1. The number of ether oxygens (including phenoxy) is 1. The Bertz CT molecular complexity index is 802. The van der Waals surface area contributed by atoms with Gasteiger partial charge in [0.2, 0.25) is 10.0 Å². The van der Waals surface area contributed by atoms with Gasteiger partial charge in [0.05, 0.1) is 16.6 Å². The van der Waals surface area contributed by atoms with E-state index in [1.807, 2.05) is 0 Å². The van der Waals surface area contributed by atoms with Crippen molar-refractivity contribution in [3.63, 3.8) is 0 Å². The third-order valence-electron chi connectivity index (χ3n) is 4.09. The van der Waals surface area contributed by atoms with E-state index in [4.69, 9.17) is 21.4 Å². The summed E-state index contributed by atoms with van der Waals surface area (Å²) in [6.07, 6.45) is 0.507. The molecule has 0 unspecified atom stereocenters. The molecule has 1 aromatic carbocycles. The molecule has 0 spiro atoms. The molecular formula is C14H15ClN2O6S. The molecule has 10 heteroatoms. The average Bonchev–Trinajstić information content (AvgIpc) is 2.54. The maximum absolute atomic E-state index is 12.8. The van der Waals surface area contributed by atoms with Crippen LogP contribution in [-0.4, -0.2) is 49.4 Å². The van der Waals surface area contributed by atoms with E-state index in [0.717, 1.165) is 0 Å². The number of carbonyl (C=O) groups excluding carboxylic acids is 1. The van der Waals surface area contributed by atoms with Crippen LogP contribution < -0.4 is 10.1 Å². The minimum atomic E-state index is -3.87. The molecule has 24 heavy (non-hydrogen) atoms. The lowest BCUT2D eigenvalue weighted by atomic mass is 9.99. The molecule has 1 fully saturated rings. The highest BCUT2D eigenvalue weighted by molar-refractivity contribution is 7.89. The Morgan fingerprint density at radius 1 is 1.33 bits per heavy atom. The summed E-state index contributed by atoms with van der Waals surface area (Å²) in [5, 5.41) is 11.5. The molecule has 0 atom stereocenters. The van der Waals surface area contributed by atoms with Crippen molar-refractivity contribution in [3.8, 4) is 5.75 Å². The number of carboxylic acids is 1. The fourth-order valence-corrected chi connectivity index (χ4v) is 4.75. The number of nitrogens with zero attached hydrogens (tertiary/aromatic N) is 1. The largest absolute Gasteiger partial charge is 0.482 e. The van der Waals surface area contributed by atoms with Crippen LogP contribution in [0.1, 0.15) is 12.8 Å².